The Bertz CT molecular complexity index is 1370. The molecule has 0 unspecified atom stereocenters. The Morgan fingerprint density at radius 3 is 2.67 bits per heavy atom. The predicted octanol–water partition coefficient (Wildman–Crippen LogP) is 6.58. The van der Waals surface area contributed by atoms with Crippen molar-refractivity contribution in [1.82, 2.24) is 9.88 Å². The summed E-state index contributed by atoms with van der Waals surface area (Å²) >= 11 is 12.0. The molecule has 2 heterocycles. The molecule has 0 N–H and O–H groups in total. The SMILES string of the molecule is [C-]#[N+]c1ccc(N2C(=O)C(C)(C)N(CCCOc3ccc(-c4ccccn4)cc3F)C2=S)c(C)c1Cl. The van der Waals surface area contributed by atoms with Crippen LogP contribution in [0.25, 0.3) is 16.1 Å². The van der Waals surface area contributed by atoms with Crippen LogP contribution in [0.5, 0.6) is 5.75 Å². The molecule has 3 aromatic rings. The fourth-order valence-electron chi connectivity index (χ4n) is 4.13. The fourth-order valence-corrected chi connectivity index (χ4v) is 4.83. The van der Waals surface area contributed by atoms with Crippen molar-refractivity contribution in [1.29, 1.82) is 0 Å². The average Bonchev–Trinajstić information content (AvgIpc) is 3.03. The zero-order valence-corrected chi connectivity index (χ0v) is 21.7. The number of rotatable bonds is 7. The van der Waals surface area contributed by atoms with Gasteiger partial charge in [-0.2, -0.15) is 0 Å². The minimum absolute atomic E-state index is 0.154. The van der Waals surface area contributed by atoms with E-state index >= 15 is 0 Å². The van der Waals surface area contributed by atoms with E-state index in [1.54, 1.807) is 43.5 Å². The largest absolute Gasteiger partial charge is 0.490 e. The monoisotopic (exact) mass is 522 g/mol. The van der Waals surface area contributed by atoms with Crippen molar-refractivity contribution < 1.29 is 13.9 Å². The molecule has 2 aromatic carbocycles. The third-order valence-corrected chi connectivity index (χ3v) is 7.08. The third kappa shape index (κ3) is 4.64. The topological polar surface area (TPSA) is 50.0 Å². The van der Waals surface area contributed by atoms with Crippen molar-refractivity contribution in [3.63, 3.8) is 0 Å². The number of aromatic nitrogens is 1. The Labute approximate surface area is 220 Å². The van der Waals surface area contributed by atoms with E-state index in [-0.39, 0.29) is 18.3 Å². The van der Waals surface area contributed by atoms with Crippen molar-refractivity contribution in [2.24, 2.45) is 0 Å². The van der Waals surface area contributed by atoms with Gasteiger partial charge in [0.2, 0.25) is 5.69 Å². The summed E-state index contributed by atoms with van der Waals surface area (Å²) in [5.41, 5.74) is 1.97. The molecule has 1 aliphatic rings. The van der Waals surface area contributed by atoms with E-state index in [1.807, 2.05) is 30.9 Å². The van der Waals surface area contributed by atoms with Gasteiger partial charge in [0.15, 0.2) is 16.7 Å². The summed E-state index contributed by atoms with van der Waals surface area (Å²) in [5.74, 6) is -0.494. The molecule has 0 saturated carbocycles. The number of thiocarbonyl (C=S) groups is 1. The maximum Gasteiger partial charge on any atom is 0.258 e. The number of halogens is 2. The molecule has 1 aliphatic heterocycles. The van der Waals surface area contributed by atoms with Gasteiger partial charge in [0.1, 0.15) is 5.54 Å². The van der Waals surface area contributed by atoms with Crippen LogP contribution < -0.4 is 9.64 Å². The van der Waals surface area contributed by atoms with Gasteiger partial charge in [-0.05, 0) is 81.4 Å². The van der Waals surface area contributed by atoms with Crippen LogP contribution in [0.4, 0.5) is 15.8 Å². The number of carbonyl (C=O) groups is 1. The summed E-state index contributed by atoms with van der Waals surface area (Å²) < 4.78 is 20.3. The number of nitrogens with zero attached hydrogens (tertiary/aromatic N) is 4. The van der Waals surface area contributed by atoms with E-state index < -0.39 is 11.4 Å². The second-order valence-electron chi connectivity index (χ2n) is 8.85. The number of ether oxygens (including phenoxy) is 1. The van der Waals surface area contributed by atoms with Crippen LogP contribution in [0.3, 0.4) is 0 Å². The van der Waals surface area contributed by atoms with Crippen LogP contribution in [0.15, 0.2) is 54.7 Å². The number of pyridine rings is 1. The highest BCUT2D eigenvalue weighted by molar-refractivity contribution is 7.80. The Kier molecular flexibility index (Phi) is 7.25. The first kappa shape index (κ1) is 25.5. The lowest BCUT2D eigenvalue weighted by Gasteiger charge is -2.29. The lowest BCUT2D eigenvalue weighted by atomic mass is 10.0. The van der Waals surface area contributed by atoms with Gasteiger partial charge in [-0.1, -0.05) is 23.7 Å². The number of carbonyl (C=O) groups excluding carboxylic acids is 1. The molecule has 1 saturated heterocycles. The van der Waals surface area contributed by atoms with Gasteiger partial charge >= 0.3 is 0 Å². The van der Waals surface area contributed by atoms with Crippen LogP contribution in [-0.2, 0) is 4.79 Å². The summed E-state index contributed by atoms with van der Waals surface area (Å²) in [6, 6.07) is 13.5. The molecule has 9 heteroatoms. The smallest absolute Gasteiger partial charge is 0.258 e. The molecule has 0 aliphatic carbocycles. The molecule has 0 bridgehead atoms. The summed E-state index contributed by atoms with van der Waals surface area (Å²) in [7, 11) is 0. The molecule has 0 radical (unpaired) electrons. The number of amides is 1. The van der Waals surface area contributed by atoms with Crippen molar-refractivity contribution in [2.75, 3.05) is 18.1 Å². The lowest BCUT2D eigenvalue weighted by molar-refractivity contribution is -0.123. The lowest BCUT2D eigenvalue weighted by Crippen LogP contribution is -2.44. The molecule has 6 nitrogen and oxygen atoms in total. The first-order chi connectivity index (χ1) is 17.2. The second kappa shape index (κ2) is 10.2. The maximum absolute atomic E-state index is 14.6. The first-order valence-electron chi connectivity index (χ1n) is 11.3. The Morgan fingerprint density at radius 2 is 2.00 bits per heavy atom. The highest BCUT2D eigenvalue weighted by Gasteiger charge is 2.49. The molecular formula is C27H24ClFN4O2S. The summed E-state index contributed by atoms with van der Waals surface area (Å²) in [5, 5.41) is 0.657. The van der Waals surface area contributed by atoms with E-state index in [1.165, 1.54) is 11.0 Å². The average molecular weight is 523 g/mol. The summed E-state index contributed by atoms with van der Waals surface area (Å²) in [6.45, 7) is 13.3. The van der Waals surface area contributed by atoms with E-state index in [0.717, 1.165) is 0 Å². The molecule has 184 valence electrons. The standard InChI is InChI=1S/C27H24ClFN4O2S/c1-17-22(11-10-21(30-4)24(17)28)33-25(34)27(2,3)32(26(33)36)14-7-15-35-23-12-9-18(16-19(23)29)20-8-5-6-13-31-20/h5-6,8-13,16H,7,14-15H2,1-3H3. The van der Waals surface area contributed by atoms with Gasteiger partial charge in [-0.3, -0.25) is 14.7 Å². The Morgan fingerprint density at radius 1 is 1.22 bits per heavy atom. The van der Waals surface area contributed by atoms with Crippen molar-refractivity contribution in [3.05, 3.63) is 82.5 Å². The fraction of sp³-hybridized carbons (Fsp3) is 0.259. The number of benzene rings is 2. The normalized spacial score (nSPS) is 14.8. The molecular weight excluding hydrogens is 499 g/mol. The minimum Gasteiger partial charge on any atom is -0.490 e. The Hall–Kier alpha value is -3.54. The van der Waals surface area contributed by atoms with Gasteiger partial charge in [-0.25, -0.2) is 9.24 Å². The van der Waals surface area contributed by atoms with Gasteiger partial charge in [0, 0.05) is 18.3 Å². The molecule has 1 amide bonds. The molecule has 4 rings (SSSR count). The molecule has 1 fully saturated rings. The highest BCUT2D eigenvalue weighted by atomic mass is 35.5. The number of hydrogen-bond donors (Lipinski definition) is 0. The van der Waals surface area contributed by atoms with Crippen molar-refractivity contribution in [3.8, 4) is 17.0 Å². The third-order valence-electron chi connectivity index (χ3n) is 6.20. The van der Waals surface area contributed by atoms with Crippen molar-refractivity contribution >= 4 is 46.2 Å². The molecule has 36 heavy (non-hydrogen) atoms. The quantitative estimate of drug-likeness (QED) is 0.199. The zero-order valence-electron chi connectivity index (χ0n) is 20.1. The van der Waals surface area contributed by atoms with Crippen LogP contribution in [0.1, 0.15) is 25.8 Å². The van der Waals surface area contributed by atoms with Crippen LogP contribution in [-0.4, -0.2) is 39.6 Å². The van der Waals surface area contributed by atoms with Crippen LogP contribution >= 0.6 is 23.8 Å². The minimum atomic E-state index is -0.885. The Balaban J connectivity index is 1.42. The van der Waals surface area contributed by atoms with E-state index in [0.29, 0.717) is 51.3 Å². The van der Waals surface area contributed by atoms with Crippen molar-refractivity contribution in [2.45, 2.75) is 32.7 Å². The van der Waals surface area contributed by atoms with E-state index in [4.69, 9.17) is 35.1 Å². The van der Waals surface area contributed by atoms with Crippen LogP contribution in [0, 0.1) is 19.3 Å². The van der Waals surface area contributed by atoms with Gasteiger partial charge < -0.3 is 9.64 Å². The van der Waals surface area contributed by atoms with Gasteiger partial charge in [0.05, 0.1) is 29.6 Å². The van der Waals surface area contributed by atoms with Gasteiger partial charge in [0.25, 0.3) is 5.91 Å². The summed E-state index contributed by atoms with van der Waals surface area (Å²) in [6.07, 6.45) is 2.18. The van der Waals surface area contributed by atoms with Crippen LogP contribution in [0.2, 0.25) is 5.02 Å². The molecule has 0 atom stereocenters. The van der Waals surface area contributed by atoms with Gasteiger partial charge in [-0.15, -0.1) is 0 Å². The zero-order chi connectivity index (χ0) is 26.0. The predicted molar refractivity (Wildman–Crippen MR) is 143 cm³/mol. The number of anilines is 1. The first-order valence-corrected chi connectivity index (χ1v) is 12.1. The second-order valence-corrected chi connectivity index (χ2v) is 9.59. The summed E-state index contributed by atoms with van der Waals surface area (Å²) in [4.78, 5) is 24.3. The molecule has 1 aromatic heterocycles. The molecule has 0 spiro atoms. The maximum atomic E-state index is 14.6. The van der Waals surface area contributed by atoms with E-state index in [9.17, 15) is 9.18 Å². The van der Waals surface area contributed by atoms with E-state index in [2.05, 4.69) is 9.83 Å². The highest BCUT2D eigenvalue weighted by Crippen LogP contribution is 2.39. The number of hydrogen-bond acceptors (Lipinski definition) is 4.